The second-order valence-electron chi connectivity index (χ2n) is 6.02. The van der Waals surface area contributed by atoms with E-state index in [0.29, 0.717) is 0 Å². The standard InChI is InChI=1S/C18H30N2O/c1-4-21-17-13-15(2)18(16(3)14-17)7-5-10-20-11-6-8-19-9-12-20/h13-14,19H,4-12H2,1-3H3. The second kappa shape index (κ2) is 8.40. The van der Waals surface area contributed by atoms with Crippen molar-refractivity contribution in [3.63, 3.8) is 0 Å². The third-order valence-electron chi connectivity index (χ3n) is 4.31. The van der Waals surface area contributed by atoms with Crippen LogP contribution in [0.1, 0.15) is 36.5 Å². The van der Waals surface area contributed by atoms with Crippen LogP contribution in [0, 0.1) is 13.8 Å². The minimum Gasteiger partial charge on any atom is -0.494 e. The molecule has 2 rings (SSSR count). The monoisotopic (exact) mass is 290 g/mol. The number of hydrogen-bond acceptors (Lipinski definition) is 3. The van der Waals surface area contributed by atoms with Gasteiger partial charge < -0.3 is 15.0 Å². The number of aryl methyl sites for hydroxylation is 2. The molecule has 1 fully saturated rings. The van der Waals surface area contributed by atoms with E-state index in [1.165, 1.54) is 62.1 Å². The van der Waals surface area contributed by atoms with Crippen LogP contribution in [0.25, 0.3) is 0 Å². The first-order valence-electron chi connectivity index (χ1n) is 8.36. The van der Waals surface area contributed by atoms with Crippen molar-refractivity contribution in [3.05, 3.63) is 28.8 Å². The third kappa shape index (κ3) is 5.01. The molecule has 118 valence electrons. The van der Waals surface area contributed by atoms with Gasteiger partial charge in [0.15, 0.2) is 0 Å². The fourth-order valence-corrected chi connectivity index (χ4v) is 3.20. The van der Waals surface area contributed by atoms with Gasteiger partial charge in [-0.1, -0.05) is 0 Å². The average Bonchev–Trinajstić information content (AvgIpc) is 2.71. The van der Waals surface area contributed by atoms with Crippen LogP contribution in [-0.4, -0.2) is 44.2 Å². The van der Waals surface area contributed by atoms with E-state index in [0.717, 1.165) is 18.9 Å². The van der Waals surface area contributed by atoms with Crippen molar-refractivity contribution >= 4 is 0 Å². The van der Waals surface area contributed by atoms with Crippen molar-refractivity contribution in [2.45, 2.75) is 40.0 Å². The minimum atomic E-state index is 0.737. The van der Waals surface area contributed by atoms with E-state index in [-0.39, 0.29) is 0 Å². The van der Waals surface area contributed by atoms with Gasteiger partial charge in [0, 0.05) is 13.1 Å². The fourth-order valence-electron chi connectivity index (χ4n) is 3.20. The van der Waals surface area contributed by atoms with Crippen molar-refractivity contribution in [3.8, 4) is 5.75 Å². The predicted molar refractivity (Wildman–Crippen MR) is 89.3 cm³/mol. The van der Waals surface area contributed by atoms with E-state index in [2.05, 4.69) is 36.2 Å². The largest absolute Gasteiger partial charge is 0.494 e. The Hall–Kier alpha value is -1.06. The number of ether oxygens (including phenoxy) is 1. The van der Waals surface area contributed by atoms with Crippen molar-refractivity contribution in [2.75, 3.05) is 39.3 Å². The van der Waals surface area contributed by atoms with Gasteiger partial charge in [0.05, 0.1) is 6.61 Å². The molecule has 1 aliphatic heterocycles. The zero-order chi connectivity index (χ0) is 15.1. The quantitative estimate of drug-likeness (QED) is 0.872. The molecule has 0 aliphatic carbocycles. The summed E-state index contributed by atoms with van der Waals surface area (Å²) in [6, 6.07) is 4.36. The predicted octanol–water partition coefficient (Wildman–Crippen LogP) is 2.93. The van der Waals surface area contributed by atoms with Gasteiger partial charge in [0.1, 0.15) is 5.75 Å². The molecule has 1 aromatic rings. The van der Waals surface area contributed by atoms with Crippen LogP contribution in [0.2, 0.25) is 0 Å². The van der Waals surface area contributed by atoms with Gasteiger partial charge in [-0.15, -0.1) is 0 Å². The van der Waals surface area contributed by atoms with Crippen molar-refractivity contribution in [1.82, 2.24) is 10.2 Å². The van der Waals surface area contributed by atoms with Crippen molar-refractivity contribution in [2.24, 2.45) is 0 Å². The Kier molecular flexibility index (Phi) is 6.52. The lowest BCUT2D eigenvalue weighted by atomic mass is 9.98. The number of benzene rings is 1. The van der Waals surface area contributed by atoms with Crippen LogP contribution in [0.3, 0.4) is 0 Å². The highest BCUT2D eigenvalue weighted by Crippen LogP contribution is 2.23. The maximum Gasteiger partial charge on any atom is 0.119 e. The lowest BCUT2D eigenvalue weighted by molar-refractivity contribution is 0.289. The molecule has 1 aliphatic rings. The molecule has 0 amide bonds. The number of hydrogen-bond donors (Lipinski definition) is 1. The second-order valence-corrected chi connectivity index (χ2v) is 6.02. The zero-order valence-corrected chi connectivity index (χ0v) is 13.9. The minimum absolute atomic E-state index is 0.737. The first-order valence-corrected chi connectivity index (χ1v) is 8.36. The summed E-state index contributed by atoms with van der Waals surface area (Å²) >= 11 is 0. The molecule has 0 atom stereocenters. The Balaban J connectivity index is 1.87. The molecule has 0 aromatic heterocycles. The molecule has 3 nitrogen and oxygen atoms in total. The lowest BCUT2D eigenvalue weighted by Crippen LogP contribution is -2.29. The van der Waals surface area contributed by atoms with E-state index in [1.807, 2.05) is 6.92 Å². The highest BCUT2D eigenvalue weighted by Gasteiger charge is 2.10. The maximum absolute atomic E-state index is 5.62. The maximum atomic E-state index is 5.62. The first-order chi connectivity index (χ1) is 10.2. The summed E-state index contributed by atoms with van der Waals surface area (Å²) in [6.45, 7) is 13.2. The molecule has 1 heterocycles. The lowest BCUT2D eigenvalue weighted by Gasteiger charge is -2.20. The summed E-state index contributed by atoms with van der Waals surface area (Å²) in [5, 5.41) is 3.47. The molecule has 3 heteroatoms. The van der Waals surface area contributed by atoms with Crippen LogP contribution in [-0.2, 0) is 6.42 Å². The Morgan fingerprint density at radius 1 is 1.14 bits per heavy atom. The number of nitrogens with one attached hydrogen (secondary N) is 1. The molecule has 21 heavy (non-hydrogen) atoms. The molecule has 1 N–H and O–H groups in total. The average molecular weight is 290 g/mol. The van der Waals surface area contributed by atoms with Gasteiger partial charge in [-0.2, -0.15) is 0 Å². The SMILES string of the molecule is CCOc1cc(C)c(CCCN2CCCNCC2)c(C)c1. The highest BCUT2D eigenvalue weighted by molar-refractivity contribution is 5.41. The van der Waals surface area contributed by atoms with Crippen LogP contribution in [0.4, 0.5) is 0 Å². The van der Waals surface area contributed by atoms with Crippen LogP contribution in [0.5, 0.6) is 5.75 Å². The first kappa shape index (κ1) is 16.3. The Labute approximate surface area is 129 Å². The van der Waals surface area contributed by atoms with Crippen LogP contribution in [0.15, 0.2) is 12.1 Å². The van der Waals surface area contributed by atoms with E-state index in [9.17, 15) is 0 Å². The fraction of sp³-hybridized carbons (Fsp3) is 0.667. The summed E-state index contributed by atoms with van der Waals surface area (Å²) in [5.41, 5.74) is 4.25. The van der Waals surface area contributed by atoms with E-state index < -0.39 is 0 Å². The van der Waals surface area contributed by atoms with E-state index in [4.69, 9.17) is 4.74 Å². The summed E-state index contributed by atoms with van der Waals surface area (Å²) in [4.78, 5) is 2.60. The Bertz CT molecular complexity index is 414. The van der Waals surface area contributed by atoms with Crippen LogP contribution < -0.4 is 10.1 Å². The number of nitrogens with zero attached hydrogens (tertiary/aromatic N) is 1. The summed E-state index contributed by atoms with van der Waals surface area (Å²) in [7, 11) is 0. The normalized spacial score (nSPS) is 16.7. The molecule has 1 aromatic carbocycles. The Morgan fingerprint density at radius 2 is 1.90 bits per heavy atom. The van der Waals surface area contributed by atoms with Gasteiger partial charge in [0.25, 0.3) is 0 Å². The molecule has 1 saturated heterocycles. The van der Waals surface area contributed by atoms with Gasteiger partial charge in [0.2, 0.25) is 0 Å². The summed E-state index contributed by atoms with van der Waals surface area (Å²) < 4.78 is 5.62. The smallest absolute Gasteiger partial charge is 0.119 e. The molecular weight excluding hydrogens is 260 g/mol. The summed E-state index contributed by atoms with van der Waals surface area (Å²) in [6.07, 6.45) is 3.70. The Morgan fingerprint density at radius 3 is 2.62 bits per heavy atom. The van der Waals surface area contributed by atoms with Gasteiger partial charge >= 0.3 is 0 Å². The van der Waals surface area contributed by atoms with Gasteiger partial charge in [-0.25, -0.2) is 0 Å². The van der Waals surface area contributed by atoms with E-state index >= 15 is 0 Å². The zero-order valence-electron chi connectivity index (χ0n) is 13.9. The molecular formula is C18H30N2O. The number of rotatable bonds is 6. The molecule has 0 spiro atoms. The summed E-state index contributed by atoms with van der Waals surface area (Å²) in [5.74, 6) is 1.01. The molecule has 0 radical (unpaired) electrons. The molecule has 0 saturated carbocycles. The highest BCUT2D eigenvalue weighted by atomic mass is 16.5. The van der Waals surface area contributed by atoms with Crippen molar-refractivity contribution in [1.29, 1.82) is 0 Å². The van der Waals surface area contributed by atoms with Gasteiger partial charge in [-0.3, -0.25) is 0 Å². The molecule has 0 unspecified atom stereocenters. The van der Waals surface area contributed by atoms with Gasteiger partial charge in [-0.05, 0) is 88.5 Å². The molecule has 0 bridgehead atoms. The van der Waals surface area contributed by atoms with E-state index in [1.54, 1.807) is 0 Å². The third-order valence-corrected chi connectivity index (χ3v) is 4.31. The topological polar surface area (TPSA) is 24.5 Å². The van der Waals surface area contributed by atoms with Crippen molar-refractivity contribution < 1.29 is 4.74 Å². The van der Waals surface area contributed by atoms with Crippen LogP contribution >= 0.6 is 0 Å².